The fraction of sp³-hybridized carbons (Fsp3) is 0.0270. The molecule has 1 spiro atoms. The molecule has 7 aromatic rings. The molecule has 0 amide bonds. The van der Waals surface area contributed by atoms with Crippen molar-refractivity contribution in [2.45, 2.75) is 5.41 Å². The van der Waals surface area contributed by atoms with Crippen molar-refractivity contribution in [3.05, 3.63) is 155 Å². The van der Waals surface area contributed by atoms with Gasteiger partial charge in [0.15, 0.2) is 0 Å². The average molecular weight is 517 g/mol. The summed E-state index contributed by atoms with van der Waals surface area (Å²) in [6.07, 6.45) is 0. The van der Waals surface area contributed by atoms with E-state index in [1.54, 1.807) is 0 Å². The van der Waals surface area contributed by atoms with Gasteiger partial charge in [-0.2, -0.15) is 0 Å². The molecule has 0 N–H and O–H groups in total. The lowest BCUT2D eigenvalue weighted by Gasteiger charge is -2.30. The van der Waals surface area contributed by atoms with Crippen LogP contribution in [0.4, 0.5) is 0 Å². The number of hydrogen-bond acceptors (Lipinski definition) is 1. The van der Waals surface area contributed by atoms with E-state index < -0.39 is 0 Å². The van der Waals surface area contributed by atoms with Crippen LogP contribution in [0.1, 0.15) is 22.3 Å². The fourth-order valence-corrected chi connectivity index (χ4v) is 7.53. The summed E-state index contributed by atoms with van der Waals surface area (Å²) in [5.74, 6) is 0. The molecule has 1 aromatic heterocycles. The van der Waals surface area contributed by atoms with Gasteiger partial charge >= 0.3 is 0 Å². The molecule has 0 aliphatic heterocycles. The highest BCUT2D eigenvalue weighted by atomic mass is 35.5. The van der Waals surface area contributed by atoms with Crippen LogP contribution in [0.3, 0.4) is 0 Å². The number of halogens is 1. The Bertz CT molecular complexity index is 2080. The fourth-order valence-electron chi connectivity index (χ4n) is 7.28. The number of furan rings is 1. The standard InChI is InChI=1S/C37H21ClO/c38-33-20-19-23(36-35(33)28-12-4-8-16-34(28)39-36)22-17-18-27-26-11-3-7-15-31(26)37(32(27)21-22)29-13-5-1-9-24(29)25-10-2-6-14-30(25)37/h1-21H. The summed E-state index contributed by atoms with van der Waals surface area (Å²) in [4.78, 5) is 0. The molecule has 9 rings (SSSR count). The van der Waals surface area contributed by atoms with Crippen LogP contribution < -0.4 is 0 Å². The maximum atomic E-state index is 6.74. The highest BCUT2D eigenvalue weighted by Gasteiger charge is 2.51. The molecule has 6 aromatic carbocycles. The van der Waals surface area contributed by atoms with Crippen molar-refractivity contribution >= 4 is 33.5 Å². The lowest BCUT2D eigenvalue weighted by atomic mass is 9.70. The average Bonchev–Trinajstić information content (AvgIpc) is 3.62. The lowest BCUT2D eigenvalue weighted by molar-refractivity contribution is 0.670. The summed E-state index contributed by atoms with van der Waals surface area (Å²) in [7, 11) is 0. The largest absolute Gasteiger partial charge is 0.455 e. The Hall–Kier alpha value is -4.59. The van der Waals surface area contributed by atoms with Crippen LogP contribution in [-0.4, -0.2) is 0 Å². The SMILES string of the molecule is Clc1ccc(-c2ccc3c(c2)C2(c4ccccc4-c4ccccc42)c2ccccc2-3)c2oc3ccccc3c12. The van der Waals surface area contributed by atoms with Crippen LogP contribution in [0.15, 0.2) is 132 Å². The number of fused-ring (bicyclic) bond motifs is 13. The minimum absolute atomic E-state index is 0.367. The van der Waals surface area contributed by atoms with E-state index in [2.05, 4.69) is 103 Å². The van der Waals surface area contributed by atoms with Gasteiger partial charge in [0.25, 0.3) is 0 Å². The third-order valence-electron chi connectivity index (χ3n) is 8.78. The summed E-state index contributed by atoms with van der Waals surface area (Å²) >= 11 is 6.74. The van der Waals surface area contributed by atoms with E-state index in [4.69, 9.17) is 16.0 Å². The van der Waals surface area contributed by atoms with Crippen molar-refractivity contribution in [1.29, 1.82) is 0 Å². The van der Waals surface area contributed by atoms with Crippen LogP contribution in [-0.2, 0) is 5.41 Å². The van der Waals surface area contributed by atoms with Gasteiger partial charge in [-0.15, -0.1) is 0 Å². The Labute approximate surface area is 230 Å². The van der Waals surface area contributed by atoms with Gasteiger partial charge in [-0.05, 0) is 74.3 Å². The third-order valence-corrected chi connectivity index (χ3v) is 9.10. The van der Waals surface area contributed by atoms with Gasteiger partial charge in [-0.25, -0.2) is 0 Å². The van der Waals surface area contributed by atoms with Crippen molar-refractivity contribution in [3.63, 3.8) is 0 Å². The molecule has 182 valence electrons. The van der Waals surface area contributed by atoms with Crippen LogP contribution in [0.25, 0.3) is 55.3 Å². The minimum atomic E-state index is -0.367. The molecule has 0 saturated heterocycles. The van der Waals surface area contributed by atoms with Gasteiger partial charge in [0, 0.05) is 16.3 Å². The van der Waals surface area contributed by atoms with Gasteiger partial charge in [-0.1, -0.05) is 115 Å². The normalized spacial score (nSPS) is 14.0. The van der Waals surface area contributed by atoms with Crippen LogP contribution in [0, 0.1) is 0 Å². The second-order valence-corrected chi connectivity index (χ2v) is 11.0. The molecule has 39 heavy (non-hydrogen) atoms. The van der Waals surface area contributed by atoms with E-state index in [0.717, 1.165) is 33.1 Å². The third kappa shape index (κ3) is 2.56. The van der Waals surface area contributed by atoms with Crippen molar-refractivity contribution < 1.29 is 4.42 Å². The summed E-state index contributed by atoms with van der Waals surface area (Å²) in [5.41, 5.74) is 14.1. The highest BCUT2D eigenvalue weighted by Crippen LogP contribution is 2.63. The highest BCUT2D eigenvalue weighted by molar-refractivity contribution is 6.38. The van der Waals surface area contributed by atoms with Crippen molar-refractivity contribution in [1.82, 2.24) is 0 Å². The molecule has 2 heteroatoms. The van der Waals surface area contributed by atoms with Crippen molar-refractivity contribution in [2.24, 2.45) is 0 Å². The van der Waals surface area contributed by atoms with E-state index in [1.165, 1.54) is 44.5 Å². The monoisotopic (exact) mass is 516 g/mol. The summed E-state index contributed by atoms with van der Waals surface area (Å²) in [5, 5.41) is 2.73. The van der Waals surface area contributed by atoms with E-state index in [1.807, 2.05) is 24.3 Å². The molecule has 0 bridgehead atoms. The predicted octanol–water partition coefficient (Wildman–Crippen LogP) is 10.2. The predicted molar refractivity (Wildman–Crippen MR) is 160 cm³/mol. The zero-order valence-electron chi connectivity index (χ0n) is 20.9. The second kappa shape index (κ2) is 7.50. The second-order valence-electron chi connectivity index (χ2n) is 10.5. The topological polar surface area (TPSA) is 13.1 Å². The molecule has 0 saturated carbocycles. The van der Waals surface area contributed by atoms with E-state index in [-0.39, 0.29) is 5.41 Å². The van der Waals surface area contributed by atoms with Crippen LogP contribution >= 0.6 is 11.6 Å². The Balaban J connectivity index is 1.39. The molecule has 2 aliphatic rings. The number of hydrogen-bond donors (Lipinski definition) is 0. The molecule has 0 atom stereocenters. The molecule has 2 aliphatic carbocycles. The summed E-state index contributed by atoms with van der Waals surface area (Å²) < 4.78 is 6.45. The van der Waals surface area contributed by atoms with Crippen molar-refractivity contribution in [2.75, 3.05) is 0 Å². The van der Waals surface area contributed by atoms with Crippen LogP contribution in [0.5, 0.6) is 0 Å². The first-order chi connectivity index (χ1) is 19.3. The first kappa shape index (κ1) is 21.4. The van der Waals surface area contributed by atoms with Crippen molar-refractivity contribution in [3.8, 4) is 33.4 Å². The molecule has 1 nitrogen and oxygen atoms in total. The number of benzene rings is 6. The summed E-state index contributed by atoms with van der Waals surface area (Å²) in [6.45, 7) is 0. The quantitative estimate of drug-likeness (QED) is 0.211. The first-order valence-corrected chi connectivity index (χ1v) is 13.7. The Morgan fingerprint density at radius 1 is 0.487 bits per heavy atom. The molecule has 0 unspecified atom stereocenters. The van der Waals surface area contributed by atoms with E-state index >= 15 is 0 Å². The number of para-hydroxylation sites is 1. The van der Waals surface area contributed by atoms with E-state index in [9.17, 15) is 0 Å². The smallest absolute Gasteiger partial charge is 0.144 e. The Morgan fingerprint density at radius 3 is 1.69 bits per heavy atom. The van der Waals surface area contributed by atoms with Gasteiger partial charge < -0.3 is 4.42 Å². The van der Waals surface area contributed by atoms with Crippen LogP contribution in [0.2, 0.25) is 5.02 Å². The van der Waals surface area contributed by atoms with Gasteiger partial charge in [0.05, 0.1) is 10.4 Å². The maximum absolute atomic E-state index is 6.74. The van der Waals surface area contributed by atoms with Gasteiger partial charge in [0.1, 0.15) is 11.2 Å². The molecule has 0 fully saturated rings. The van der Waals surface area contributed by atoms with E-state index in [0.29, 0.717) is 5.02 Å². The van der Waals surface area contributed by atoms with Gasteiger partial charge in [-0.3, -0.25) is 0 Å². The molecular weight excluding hydrogens is 496 g/mol. The Kier molecular flexibility index (Phi) is 4.11. The molecular formula is C37H21ClO. The zero-order chi connectivity index (χ0) is 25.7. The minimum Gasteiger partial charge on any atom is -0.455 e. The number of rotatable bonds is 1. The maximum Gasteiger partial charge on any atom is 0.144 e. The van der Waals surface area contributed by atoms with Gasteiger partial charge in [0.2, 0.25) is 0 Å². The first-order valence-electron chi connectivity index (χ1n) is 13.3. The molecule has 0 radical (unpaired) electrons. The zero-order valence-corrected chi connectivity index (χ0v) is 21.7. The summed E-state index contributed by atoms with van der Waals surface area (Å²) in [6, 6.07) is 45.9. The lowest BCUT2D eigenvalue weighted by Crippen LogP contribution is -2.25. The Morgan fingerprint density at radius 2 is 1.03 bits per heavy atom. The molecule has 1 heterocycles.